The van der Waals surface area contributed by atoms with Crippen LogP contribution in [0.5, 0.6) is 5.75 Å². The molecule has 4 rings (SSSR count). The number of methoxy groups -OCH3 is 1. The van der Waals surface area contributed by atoms with Crippen molar-refractivity contribution >= 4 is 33.3 Å². The lowest BCUT2D eigenvalue weighted by molar-refractivity contribution is 0.414. The van der Waals surface area contributed by atoms with Gasteiger partial charge >= 0.3 is 0 Å². The molecule has 0 saturated heterocycles. The van der Waals surface area contributed by atoms with Crippen LogP contribution in [-0.2, 0) is 12.2 Å². The van der Waals surface area contributed by atoms with Crippen molar-refractivity contribution < 1.29 is 9.13 Å². The molecule has 2 aromatic carbocycles. The van der Waals surface area contributed by atoms with E-state index in [0.717, 1.165) is 40.2 Å². The van der Waals surface area contributed by atoms with E-state index in [4.69, 9.17) is 9.72 Å². The predicted molar refractivity (Wildman–Crippen MR) is 126 cm³/mol. The van der Waals surface area contributed by atoms with E-state index in [1.807, 2.05) is 37.3 Å². The summed E-state index contributed by atoms with van der Waals surface area (Å²) in [5.41, 5.74) is 2.51. The Hall–Kier alpha value is -2.64. The van der Waals surface area contributed by atoms with Gasteiger partial charge in [-0.25, -0.2) is 9.37 Å². The number of rotatable bonds is 7. The quantitative estimate of drug-likeness (QED) is 0.248. The molecule has 0 aliphatic carbocycles. The number of aromatic nitrogens is 2. The molecule has 7 heteroatoms. The van der Waals surface area contributed by atoms with E-state index >= 15 is 0 Å². The largest absolute Gasteiger partial charge is 0.497 e. The molecule has 4 nitrogen and oxygen atoms in total. The van der Waals surface area contributed by atoms with Crippen LogP contribution in [-0.4, -0.2) is 16.7 Å². The third-order valence-corrected chi connectivity index (χ3v) is 7.35. The number of hydrogen-bond donors (Lipinski definition) is 0. The van der Waals surface area contributed by atoms with Gasteiger partial charge in [0.25, 0.3) is 5.56 Å². The maximum atomic E-state index is 13.6. The summed E-state index contributed by atoms with van der Waals surface area (Å²) in [6, 6.07) is 13.9. The van der Waals surface area contributed by atoms with E-state index in [2.05, 4.69) is 6.92 Å². The van der Waals surface area contributed by atoms with Gasteiger partial charge in [-0.1, -0.05) is 37.2 Å². The Morgan fingerprint density at radius 3 is 2.65 bits per heavy atom. The topological polar surface area (TPSA) is 44.1 Å². The summed E-state index contributed by atoms with van der Waals surface area (Å²) in [4.78, 5) is 20.5. The van der Waals surface area contributed by atoms with Crippen molar-refractivity contribution in [1.29, 1.82) is 0 Å². The molecule has 0 radical (unpaired) electrons. The minimum absolute atomic E-state index is 0.0759. The fourth-order valence-electron chi connectivity index (χ4n) is 3.51. The van der Waals surface area contributed by atoms with E-state index < -0.39 is 0 Å². The molecule has 0 bridgehead atoms. The Morgan fingerprint density at radius 2 is 1.97 bits per heavy atom. The van der Waals surface area contributed by atoms with Crippen LogP contribution in [0.15, 0.2) is 58.5 Å². The Bertz CT molecular complexity index is 1280. The molecular formula is C24H23FN2O2S2. The maximum Gasteiger partial charge on any atom is 0.267 e. The van der Waals surface area contributed by atoms with Gasteiger partial charge < -0.3 is 4.74 Å². The SMILES string of the molecule is CCCc1sc2nc(SCc3cccc(F)c3)n(-c3ccc(OC)cc3)c(=O)c2c1C. The lowest BCUT2D eigenvalue weighted by Crippen LogP contribution is -2.21. The van der Waals surface area contributed by atoms with Crippen molar-refractivity contribution in [3.8, 4) is 11.4 Å². The number of aryl methyl sites for hydroxylation is 2. The highest BCUT2D eigenvalue weighted by atomic mass is 32.2. The van der Waals surface area contributed by atoms with Gasteiger partial charge in [-0.05, 0) is 60.9 Å². The summed E-state index contributed by atoms with van der Waals surface area (Å²) in [5, 5.41) is 1.27. The van der Waals surface area contributed by atoms with E-state index in [1.165, 1.54) is 28.8 Å². The number of fused-ring (bicyclic) bond motifs is 1. The lowest BCUT2D eigenvalue weighted by Gasteiger charge is -2.13. The Balaban J connectivity index is 1.85. The van der Waals surface area contributed by atoms with Crippen molar-refractivity contribution in [2.24, 2.45) is 0 Å². The first-order valence-corrected chi connectivity index (χ1v) is 11.9. The van der Waals surface area contributed by atoms with E-state index in [9.17, 15) is 9.18 Å². The van der Waals surface area contributed by atoms with Gasteiger partial charge in [0.2, 0.25) is 0 Å². The number of benzene rings is 2. The summed E-state index contributed by atoms with van der Waals surface area (Å²) in [6.45, 7) is 4.14. The van der Waals surface area contributed by atoms with Crippen molar-refractivity contribution in [1.82, 2.24) is 9.55 Å². The molecule has 0 N–H and O–H groups in total. The molecule has 0 aliphatic rings. The number of ether oxygens (including phenoxy) is 1. The maximum absolute atomic E-state index is 13.6. The van der Waals surface area contributed by atoms with Crippen LogP contribution in [0.3, 0.4) is 0 Å². The van der Waals surface area contributed by atoms with Crippen molar-refractivity contribution in [2.45, 2.75) is 37.6 Å². The molecule has 0 amide bonds. The van der Waals surface area contributed by atoms with Crippen molar-refractivity contribution in [3.05, 3.63) is 80.7 Å². The van der Waals surface area contributed by atoms with Gasteiger partial charge in [0.05, 0.1) is 18.2 Å². The molecule has 2 aromatic heterocycles. The smallest absolute Gasteiger partial charge is 0.267 e. The number of thioether (sulfide) groups is 1. The van der Waals surface area contributed by atoms with E-state index in [0.29, 0.717) is 16.3 Å². The van der Waals surface area contributed by atoms with Crippen LogP contribution in [0.2, 0.25) is 0 Å². The summed E-state index contributed by atoms with van der Waals surface area (Å²) < 4.78 is 20.5. The van der Waals surface area contributed by atoms with E-state index in [-0.39, 0.29) is 11.4 Å². The number of thiophene rings is 1. The summed E-state index contributed by atoms with van der Waals surface area (Å²) in [7, 11) is 1.61. The number of hydrogen-bond acceptors (Lipinski definition) is 5. The van der Waals surface area contributed by atoms with Crippen molar-refractivity contribution in [3.63, 3.8) is 0 Å². The highest BCUT2D eigenvalue weighted by molar-refractivity contribution is 7.98. The van der Waals surface area contributed by atoms with Crippen LogP contribution < -0.4 is 10.3 Å². The molecule has 2 heterocycles. The van der Waals surface area contributed by atoms with Gasteiger partial charge in [0.1, 0.15) is 16.4 Å². The summed E-state index contributed by atoms with van der Waals surface area (Å²) in [5.74, 6) is 0.960. The van der Waals surface area contributed by atoms with Crippen LogP contribution >= 0.6 is 23.1 Å². The highest BCUT2D eigenvalue weighted by Crippen LogP contribution is 2.32. The first-order chi connectivity index (χ1) is 15.0. The average molecular weight is 455 g/mol. The standard InChI is InChI=1S/C24H23FN2O2S2/c1-4-6-20-15(2)21-22(31-20)26-24(30-14-16-7-5-8-17(25)13-16)27(23(21)28)18-9-11-19(29-3)12-10-18/h5,7-13H,4,6,14H2,1-3H3. The lowest BCUT2D eigenvalue weighted by atomic mass is 10.1. The zero-order valence-corrected chi connectivity index (χ0v) is 19.3. The van der Waals surface area contributed by atoms with Gasteiger partial charge in [-0.3, -0.25) is 9.36 Å². The Labute approximate surface area is 188 Å². The van der Waals surface area contributed by atoms with Gasteiger partial charge in [-0.15, -0.1) is 11.3 Å². The summed E-state index contributed by atoms with van der Waals surface area (Å²) in [6.07, 6.45) is 1.95. The highest BCUT2D eigenvalue weighted by Gasteiger charge is 2.19. The third kappa shape index (κ3) is 4.38. The molecule has 0 spiro atoms. The number of halogens is 1. The van der Waals surface area contributed by atoms with Gasteiger partial charge in [0.15, 0.2) is 5.16 Å². The van der Waals surface area contributed by atoms with Gasteiger partial charge in [-0.2, -0.15) is 0 Å². The zero-order chi connectivity index (χ0) is 22.0. The number of nitrogens with zero attached hydrogens (tertiary/aromatic N) is 2. The normalized spacial score (nSPS) is 11.2. The van der Waals surface area contributed by atoms with E-state index in [1.54, 1.807) is 29.1 Å². The predicted octanol–water partition coefficient (Wildman–Crippen LogP) is 6.15. The van der Waals surface area contributed by atoms with Crippen LogP contribution in [0.1, 0.15) is 29.3 Å². The fourth-order valence-corrected chi connectivity index (χ4v) is 5.78. The third-order valence-electron chi connectivity index (χ3n) is 5.10. The molecule has 4 aromatic rings. The van der Waals surface area contributed by atoms with Gasteiger partial charge in [0, 0.05) is 10.6 Å². The zero-order valence-electron chi connectivity index (χ0n) is 17.6. The Kier molecular flexibility index (Phi) is 6.43. The second kappa shape index (κ2) is 9.24. The average Bonchev–Trinajstić information content (AvgIpc) is 3.08. The molecule has 160 valence electrons. The molecule has 0 fully saturated rings. The summed E-state index contributed by atoms with van der Waals surface area (Å²) >= 11 is 3.02. The fraction of sp³-hybridized carbons (Fsp3) is 0.250. The second-order valence-electron chi connectivity index (χ2n) is 7.23. The van der Waals surface area contributed by atoms with Crippen LogP contribution in [0.4, 0.5) is 4.39 Å². The minimum Gasteiger partial charge on any atom is -0.497 e. The molecular weight excluding hydrogens is 431 g/mol. The molecule has 0 saturated carbocycles. The first-order valence-electron chi connectivity index (χ1n) is 10.1. The molecule has 0 atom stereocenters. The first kappa shape index (κ1) is 21.6. The van der Waals surface area contributed by atoms with Crippen LogP contribution in [0, 0.1) is 12.7 Å². The molecule has 31 heavy (non-hydrogen) atoms. The molecule has 0 aliphatic heterocycles. The monoisotopic (exact) mass is 454 g/mol. The Morgan fingerprint density at radius 1 is 1.19 bits per heavy atom. The second-order valence-corrected chi connectivity index (χ2v) is 9.26. The molecule has 0 unspecified atom stereocenters. The van der Waals surface area contributed by atoms with Crippen molar-refractivity contribution in [2.75, 3.05) is 7.11 Å². The minimum atomic E-state index is -0.271. The van der Waals surface area contributed by atoms with Crippen LogP contribution in [0.25, 0.3) is 15.9 Å².